The van der Waals surface area contributed by atoms with Crippen LogP contribution in [-0.2, 0) is 9.59 Å². The zero-order chi connectivity index (χ0) is 15.1. The van der Waals surface area contributed by atoms with E-state index in [1.807, 2.05) is 25.7 Å². The number of carbonyl (C=O) groups excluding carboxylic acids is 2. The van der Waals surface area contributed by atoms with Gasteiger partial charge in [0.25, 0.3) is 0 Å². The second-order valence-electron chi connectivity index (χ2n) is 7.57. The van der Waals surface area contributed by atoms with Crippen molar-refractivity contribution in [3.05, 3.63) is 0 Å². The minimum Gasteiger partial charge on any atom is -0.342 e. The van der Waals surface area contributed by atoms with Crippen LogP contribution in [0.25, 0.3) is 0 Å². The lowest BCUT2D eigenvalue weighted by molar-refractivity contribution is -0.154. The molecule has 1 saturated carbocycles. The number of rotatable bonds is 2. The lowest BCUT2D eigenvalue weighted by Crippen LogP contribution is -2.66. The van der Waals surface area contributed by atoms with Crippen molar-refractivity contribution in [2.24, 2.45) is 11.3 Å². The Labute approximate surface area is 122 Å². The molecule has 0 radical (unpaired) electrons. The van der Waals surface area contributed by atoms with Crippen LogP contribution < -0.4 is 5.32 Å². The van der Waals surface area contributed by atoms with Crippen molar-refractivity contribution < 1.29 is 9.59 Å². The molecule has 1 aliphatic carbocycles. The molecule has 20 heavy (non-hydrogen) atoms. The fourth-order valence-electron chi connectivity index (χ4n) is 3.66. The van der Waals surface area contributed by atoms with Gasteiger partial charge in [0.1, 0.15) is 12.1 Å². The maximum Gasteiger partial charge on any atom is 0.246 e. The molecule has 114 valence electrons. The van der Waals surface area contributed by atoms with Crippen molar-refractivity contribution in [3.8, 4) is 0 Å². The molecule has 2 aliphatic rings. The molecule has 0 bridgehead atoms. The van der Waals surface area contributed by atoms with Gasteiger partial charge in [0.2, 0.25) is 11.8 Å². The molecule has 2 fully saturated rings. The number of hydrogen-bond donors (Lipinski definition) is 1. The highest BCUT2D eigenvalue weighted by Gasteiger charge is 2.44. The third kappa shape index (κ3) is 2.84. The van der Waals surface area contributed by atoms with E-state index in [1.54, 1.807) is 0 Å². The van der Waals surface area contributed by atoms with Crippen molar-refractivity contribution in [2.75, 3.05) is 0 Å². The zero-order valence-electron chi connectivity index (χ0n) is 13.4. The van der Waals surface area contributed by atoms with Gasteiger partial charge in [0.15, 0.2) is 0 Å². The summed E-state index contributed by atoms with van der Waals surface area (Å²) in [6.07, 6.45) is 4.38. The number of nitrogens with zero attached hydrogens (tertiary/aromatic N) is 1. The summed E-state index contributed by atoms with van der Waals surface area (Å²) >= 11 is 0. The molecule has 2 rings (SSSR count). The summed E-state index contributed by atoms with van der Waals surface area (Å²) in [5, 5.41) is 2.87. The zero-order valence-corrected chi connectivity index (χ0v) is 13.4. The van der Waals surface area contributed by atoms with E-state index in [0.29, 0.717) is 0 Å². The molecule has 0 spiro atoms. The van der Waals surface area contributed by atoms with Crippen molar-refractivity contribution in [1.82, 2.24) is 10.2 Å². The van der Waals surface area contributed by atoms with Gasteiger partial charge in [-0.25, -0.2) is 0 Å². The summed E-state index contributed by atoms with van der Waals surface area (Å²) in [4.78, 5) is 26.8. The Morgan fingerprint density at radius 3 is 2.50 bits per heavy atom. The second-order valence-corrected chi connectivity index (χ2v) is 7.57. The highest BCUT2D eigenvalue weighted by atomic mass is 16.2. The number of carbonyl (C=O) groups is 2. The standard InChI is InChI=1S/C16H28N2O2/c1-10(2)13-15(20)18(11(3)14(19)17-13)12-7-6-8-16(4,5)9-12/h10-13H,6-9H2,1-5H3,(H,17,19). The number of piperazine rings is 1. The van der Waals surface area contributed by atoms with Gasteiger partial charge in [0, 0.05) is 6.04 Å². The third-order valence-electron chi connectivity index (χ3n) is 4.85. The lowest BCUT2D eigenvalue weighted by Gasteiger charge is -2.47. The van der Waals surface area contributed by atoms with Gasteiger partial charge in [-0.05, 0) is 37.5 Å². The molecule has 4 heteroatoms. The molecule has 2 amide bonds. The van der Waals surface area contributed by atoms with Crippen LogP contribution in [0.2, 0.25) is 0 Å². The second kappa shape index (κ2) is 5.38. The van der Waals surface area contributed by atoms with Gasteiger partial charge in [-0.2, -0.15) is 0 Å². The first-order valence-electron chi connectivity index (χ1n) is 7.85. The summed E-state index contributed by atoms with van der Waals surface area (Å²) in [5.41, 5.74) is 0.268. The molecule has 3 unspecified atom stereocenters. The van der Waals surface area contributed by atoms with Crippen LogP contribution in [0.3, 0.4) is 0 Å². The van der Waals surface area contributed by atoms with Gasteiger partial charge in [-0.1, -0.05) is 34.1 Å². The Balaban J connectivity index is 2.22. The van der Waals surface area contributed by atoms with Gasteiger partial charge in [-0.3, -0.25) is 9.59 Å². The van der Waals surface area contributed by atoms with E-state index in [0.717, 1.165) is 19.3 Å². The Kier molecular flexibility index (Phi) is 4.12. The molecule has 0 aromatic rings. The van der Waals surface area contributed by atoms with Crippen molar-refractivity contribution in [2.45, 2.75) is 78.4 Å². The summed E-state index contributed by atoms with van der Waals surface area (Å²) in [7, 11) is 0. The van der Waals surface area contributed by atoms with Crippen LogP contribution in [0.4, 0.5) is 0 Å². The van der Waals surface area contributed by atoms with Crippen molar-refractivity contribution in [1.29, 1.82) is 0 Å². The maximum absolute atomic E-state index is 12.7. The molecule has 3 atom stereocenters. The Morgan fingerprint density at radius 2 is 1.95 bits per heavy atom. The molecular formula is C16H28N2O2. The highest BCUT2D eigenvalue weighted by molar-refractivity contribution is 5.97. The highest BCUT2D eigenvalue weighted by Crippen LogP contribution is 2.38. The van der Waals surface area contributed by atoms with E-state index in [1.165, 1.54) is 6.42 Å². The average molecular weight is 280 g/mol. The number of hydrogen-bond acceptors (Lipinski definition) is 2. The van der Waals surface area contributed by atoms with Crippen molar-refractivity contribution >= 4 is 11.8 Å². The molecule has 1 saturated heterocycles. The van der Waals surface area contributed by atoms with Gasteiger partial charge in [0.05, 0.1) is 0 Å². The fraction of sp³-hybridized carbons (Fsp3) is 0.875. The van der Waals surface area contributed by atoms with Crippen LogP contribution in [-0.4, -0.2) is 34.8 Å². The average Bonchev–Trinajstić information content (AvgIpc) is 2.32. The smallest absolute Gasteiger partial charge is 0.246 e. The SMILES string of the molecule is CC(C)C1NC(=O)C(C)N(C2CCCC(C)(C)C2)C1=O. The topological polar surface area (TPSA) is 49.4 Å². The molecular weight excluding hydrogens is 252 g/mol. The van der Waals surface area contributed by atoms with Crippen molar-refractivity contribution in [3.63, 3.8) is 0 Å². The van der Waals surface area contributed by atoms with Gasteiger partial charge < -0.3 is 10.2 Å². The normalized spacial score (nSPS) is 34.3. The van der Waals surface area contributed by atoms with E-state index in [2.05, 4.69) is 19.2 Å². The van der Waals surface area contributed by atoms with E-state index < -0.39 is 0 Å². The molecule has 4 nitrogen and oxygen atoms in total. The monoisotopic (exact) mass is 280 g/mol. The Hall–Kier alpha value is -1.06. The fourth-order valence-corrected chi connectivity index (χ4v) is 3.66. The number of nitrogens with one attached hydrogen (secondary N) is 1. The first kappa shape index (κ1) is 15.3. The van der Waals surface area contributed by atoms with Crippen LogP contribution in [0, 0.1) is 11.3 Å². The molecule has 0 aromatic heterocycles. The van der Waals surface area contributed by atoms with Gasteiger partial charge in [-0.15, -0.1) is 0 Å². The third-order valence-corrected chi connectivity index (χ3v) is 4.85. The lowest BCUT2D eigenvalue weighted by atomic mass is 9.74. The van der Waals surface area contributed by atoms with Gasteiger partial charge >= 0.3 is 0 Å². The summed E-state index contributed by atoms with van der Waals surface area (Å²) in [6.45, 7) is 10.4. The Bertz CT molecular complexity index is 403. The van der Waals surface area contributed by atoms with Crippen LogP contribution >= 0.6 is 0 Å². The minimum absolute atomic E-state index is 0.00770. The minimum atomic E-state index is -0.358. The first-order valence-corrected chi connectivity index (χ1v) is 7.85. The molecule has 1 aliphatic heterocycles. The van der Waals surface area contributed by atoms with Crippen LogP contribution in [0.15, 0.2) is 0 Å². The van der Waals surface area contributed by atoms with E-state index in [4.69, 9.17) is 0 Å². The van der Waals surface area contributed by atoms with E-state index >= 15 is 0 Å². The predicted octanol–water partition coefficient (Wildman–Crippen LogP) is 2.33. The molecule has 1 N–H and O–H groups in total. The van der Waals surface area contributed by atoms with E-state index in [9.17, 15) is 9.59 Å². The predicted molar refractivity (Wildman–Crippen MR) is 79.1 cm³/mol. The maximum atomic E-state index is 12.7. The summed E-state index contributed by atoms with van der Waals surface area (Å²) in [6, 6.07) is -0.478. The number of amides is 2. The van der Waals surface area contributed by atoms with Crippen LogP contribution in [0.5, 0.6) is 0 Å². The molecule has 0 aromatic carbocycles. The quantitative estimate of drug-likeness (QED) is 0.844. The molecule has 1 heterocycles. The largest absolute Gasteiger partial charge is 0.342 e. The van der Waals surface area contributed by atoms with Crippen LogP contribution in [0.1, 0.15) is 60.3 Å². The first-order chi connectivity index (χ1) is 9.23. The summed E-state index contributed by atoms with van der Waals surface area (Å²) < 4.78 is 0. The Morgan fingerprint density at radius 1 is 1.30 bits per heavy atom. The summed E-state index contributed by atoms with van der Waals surface area (Å²) in [5.74, 6) is 0.236. The van der Waals surface area contributed by atoms with E-state index in [-0.39, 0.29) is 41.3 Å².